The van der Waals surface area contributed by atoms with E-state index in [-0.39, 0.29) is 16.9 Å². The number of anilines is 1. The van der Waals surface area contributed by atoms with Gasteiger partial charge in [0.1, 0.15) is 5.75 Å². The molecule has 1 amide bonds. The van der Waals surface area contributed by atoms with E-state index in [0.717, 1.165) is 0 Å². The molecule has 26 heavy (non-hydrogen) atoms. The number of halogens is 3. The molecule has 0 bridgehead atoms. The lowest BCUT2D eigenvalue weighted by Gasteiger charge is -2.11. The van der Waals surface area contributed by atoms with Crippen molar-refractivity contribution >= 4 is 23.2 Å². The monoisotopic (exact) mass is 379 g/mol. The lowest BCUT2D eigenvalue weighted by Crippen LogP contribution is -2.20. The van der Waals surface area contributed by atoms with Gasteiger partial charge in [0, 0.05) is 41.9 Å². The highest BCUT2D eigenvalue weighted by Gasteiger charge is 2.27. The maximum atomic E-state index is 12.6. The molecule has 0 fully saturated rings. The van der Waals surface area contributed by atoms with E-state index >= 15 is 0 Å². The Hall–Kier alpha value is -3.13. The van der Waals surface area contributed by atoms with Crippen molar-refractivity contribution in [2.45, 2.75) is 5.57 Å². The summed E-state index contributed by atoms with van der Waals surface area (Å²) in [5.41, 5.74) is -2.90. The average Bonchev–Trinajstić information content (AvgIpc) is 3.10. The number of pyridine rings is 1. The quantitative estimate of drug-likeness (QED) is 0.665. The number of hydrogen-bond donors (Lipinski definition) is 2. The van der Waals surface area contributed by atoms with Gasteiger partial charge in [-0.3, -0.25) is 14.2 Å². The molecule has 3 rings (SSSR count). The molecular formula is C17H12ClF2N3O3. The smallest absolute Gasteiger partial charge is 0.420 e. The van der Waals surface area contributed by atoms with Gasteiger partial charge in [0.15, 0.2) is 0 Å². The highest BCUT2D eigenvalue weighted by Crippen LogP contribution is 2.26. The molecule has 0 aliphatic rings. The number of rotatable bonds is 5. The molecule has 3 aromatic rings. The van der Waals surface area contributed by atoms with Gasteiger partial charge in [-0.05, 0) is 36.4 Å². The van der Waals surface area contributed by atoms with Crippen LogP contribution in [0.3, 0.4) is 0 Å². The van der Waals surface area contributed by atoms with Crippen LogP contribution in [0.5, 0.6) is 5.75 Å². The first-order valence-corrected chi connectivity index (χ1v) is 7.73. The van der Waals surface area contributed by atoms with Crippen LogP contribution in [-0.2, 0) is 0 Å². The number of nitrogens with zero attached hydrogens (tertiary/aromatic N) is 1. The number of aromatic amines is 1. The van der Waals surface area contributed by atoms with Crippen molar-refractivity contribution in [1.29, 1.82) is 0 Å². The fourth-order valence-electron chi connectivity index (χ4n) is 2.23. The van der Waals surface area contributed by atoms with E-state index < -0.39 is 11.5 Å². The minimum atomic E-state index is -3.81. The van der Waals surface area contributed by atoms with E-state index in [1.54, 1.807) is 18.5 Å². The predicted octanol–water partition coefficient (Wildman–Crippen LogP) is 3.59. The third-order valence-electron chi connectivity index (χ3n) is 3.38. The average molecular weight is 380 g/mol. The van der Waals surface area contributed by atoms with E-state index in [1.165, 1.54) is 47.2 Å². The summed E-state index contributed by atoms with van der Waals surface area (Å²) in [6.45, 7) is 0. The molecule has 0 atom stereocenters. The van der Waals surface area contributed by atoms with E-state index in [9.17, 15) is 18.4 Å². The molecular weight excluding hydrogens is 368 g/mol. The second-order valence-corrected chi connectivity index (χ2v) is 5.66. The Morgan fingerprint density at radius 1 is 1.15 bits per heavy atom. The van der Waals surface area contributed by atoms with E-state index in [4.69, 9.17) is 0 Å². The first-order valence-electron chi connectivity index (χ1n) is 7.35. The van der Waals surface area contributed by atoms with Crippen molar-refractivity contribution in [3.05, 3.63) is 77.0 Å². The minimum absolute atomic E-state index is 0.149. The second-order valence-electron chi connectivity index (χ2n) is 5.22. The number of benzene rings is 1. The van der Waals surface area contributed by atoms with Gasteiger partial charge in [-0.1, -0.05) is 0 Å². The van der Waals surface area contributed by atoms with E-state index in [2.05, 4.69) is 26.6 Å². The zero-order valence-electron chi connectivity index (χ0n) is 13.1. The SMILES string of the molecule is O=C(Nc1ccc(OC(F)(F)Cl)cc1)c1ccc(=O)n(-c2cc[nH]c2)c1. The maximum absolute atomic E-state index is 12.6. The van der Waals surface area contributed by atoms with Crippen LogP contribution in [0.2, 0.25) is 0 Å². The van der Waals surface area contributed by atoms with Gasteiger partial charge in [-0.15, -0.1) is 8.78 Å². The van der Waals surface area contributed by atoms with Crippen LogP contribution in [0.25, 0.3) is 5.69 Å². The van der Waals surface area contributed by atoms with Crippen LogP contribution in [0.4, 0.5) is 14.5 Å². The van der Waals surface area contributed by atoms with Gasteiger partial charge in [0.2, 0.25) is 0 Å². The molecule has 0 radical (unpaired) electrons. The molecule has 0 spiro atoms. The summed E-state index contributed by atoms with van der Waals surface area (Å²) in [6, 6.07) is 9.62. The molecule has 0 saturated heterocycles. The van der Waals surface area contributed by atoms with Gasteiger partial charge >= 0.3 is 5.57 Å². The number of aromatic nitrogens is 2. The summed E-state index contributed by atoms with van der Waals surface area (Å²) >= 11 is 4.69. The number of amides is 1. The van der Waals surface area contributed by atoms with Crippen LogP contribution in [0.1, 0.15) is 10.4 Å². The lowest BCUT2D eigenvalue weighted by atomic mass is 10.2. The number of nitrogens with one attached hydrogen (secondary N) is 2. The molecule has 0 aliphatic carbocycles. The van der Waals surface area contributed by atoms with Gasteiger partial charge in [-0.25, -0.2) is 0 Å². The second kappa shape index (κ2) is 7.01. The Morgan fingerprint density at radius 2 is 1.88 bits per heavy atom. The molecule has 134 valence electrons. The van der Waals surface area contributed by atoms with Crippen molar-refractivity contribution in [1.82, 2.24) is 9.55 Å². The van der Waals surface area contributed by atoms with E-state index in [1.807, 2.05) is 0 Å². The Labute approximate surface area is 151 Å². The van der Waals surface area contributed by atoms with Crippen LogP contribution < -0.4 is 15.6 Å². The number of H-pyrrole nitrogens is 1. The third kappa shape index (κ3) is 4.28. The molecule has 0 saturated carbocycles. The Balaban J connectivity index is 1.76. The fraction of sp³-hybridized carbons (Fsp3) is 0.0588. The standard InChI is InChI=1S/C17H12ClF2N3O3/c18-17(19,20)26-14-4-2-12(3-5-14)22-16(25)11-1-6-15(24)23(10-11)13-7-8-21-9-13/h1-10,21H,(H,22,25). The summed E-state index contributed by atoms with van der Waals surface area (Å²) in [4.78, 5) is 27.1. The summed E-state index contributed by atoms with van der Waals surface area (Å²) < 4.78 is 30.7. The lowest BCUT2D eigenvalue weighted by molar-refractivity contribution is -0.0964. The first kappa shape index (κ1) is 17.7. The fourth-order valence-corrected chi connectivity index (χ4v) is 2.32. The van der Waals surface area contributed by atoms with Gasteiger partial charge in [0.05, 0.1) is 11.3 Å². The number of alkyl halides is 3. The van der Waals surface area contributed by atoms with Crippen LogP contribution in [0.15, 0.2) is 65.8 Å². The molecule has 2 N–H and O–H groups in total. The molecule has 0 unspecified atom stereocenters. The summed E-state index contributed by atoms with van der Waals surface area (Å²) in [5.74, 6) is -0.616. The Bertz CT molecular complexity index is 964. The minimum Gasteiger partial charge on any atom is -0.420 e. The first-order chi connectivity index (χ1) is 12.3. The highest BCUT2D eigenvalue weighted by atomic mass is 35.5. The zero-order chi connectivity index (χ0) is 18.7. The van der Waals surface area contributed by atoms with Crippen LogP contribution in [0, 0.1) is 0 Å². The summed E-state index contributed by atoms with van der Waals surface area (Å²) in [6.07, 6.45) is 4.68. The molecule has 1 aromatic carbocycles. The number of carbonyl (C=O) groups excluding carboxylic acids is 1. The molecule has 2 heterocycles. The summed E-state index contributed by atoms with van der Waals surface area (Å²) in [7, 11) is 0. The maximum Gasteiger partial charge on any atom is 0.487 e. The molecule has 2 aromatic heterocycles. The topological polar surface area (TPSA) is 76.1 Å². The molecule has 9 heteroatoms. The van der Waals surface area contributed by atoms with Crippen LogP contribution >= 0.6 is 11.6 Å². The van der Waals surface area contributed by atoms with Gasteiger partial charge in [0.25, 0.3) is 11.5 Å². The number of ether oxygens (including phenoxy) is 1. The van der Waals surface area contributed by atoms with Gasteiger partial charge < -0.3 is 15.0 Å². The Morgan fingerprint density at radius 3 is 2.50 bits per heavy atom. The van der Waals surface area contributed by atoms with Crippen molar-refractivity contribution in [2.75, 3.05) is 5.32 Å². The highest BCUT2D eigenvalue weighted by molar-refractivity contribution is 6.20. The van der Waals surface area contributed by atoms with Gasteiger partial charge in [-0.2, -0.15) is 0 Å². The van der Waals surface area contributed by atoms with Crippen molar-refractivity contribution < 1.29 is 18.3 Å². The Kier molecular flexibility index (Phi) is 4.77. The largest absolute Gasteiger partial charge is 0.487 e. The van der Waals surface area contributed by atoms with E-state index in [0.29, 0.717) is 11.4 Å². The normalized spacial score (nSPS) is 11.2. The van der Waals surface area contributed by atoms with Crippen molar-refractivity contribution in [2.24, 2.45) is 0 Å². The summed E-state index contributed by atoms with van der Waals surface area (Å²) in [5, 5.41) is 2.60. The molecule has 6 nitrogen and oxygen atoms in total. The van der Waals surface area contributed by atoms with Crippen molar-refractivity contribution in [3.8, 4) is 11.4 Å². The van der Waals surface area contributed by atoms with Crippen LogP contribution in [-0.4, -0.2) is 21.0 Å². The number of hydrogen-bond acceptors (Lipinski definition) is 3. The molecule has 0 aliphatic heterocycles. The predicted molar refractivity (Wildman–Crippen MR) is 92.2 cm³/mol. The number of carbonyl (C=O) groups is 1. The van der Waals surface area contributed by atoms with Crippen molar-refractivity contribution in [3.63, 3.8) is 0 Å². The third-order valence-corrected chi connectivity index (χ3v) is 3.46. The zero-order valence-corrected chi connectivity index (χ0v) is 13.8.